The van der Waals surface area contributed by atoms with E-state index in [9.17, 15) is 4.79 Å². The summed E-state index contributed by atoms with van der Waals surface area (Å²) in [5, 5.41) is 3.12. The van der Waals surface area contributed by atoms with Crippen molar-refractivity contribution in [3.63, 3.8) is 0 Å². The molecule has 3 N–H and O–H groups in total. The molecule has 1 unspecified atom stereocenters. The standard InChI is InChI=1S/C21H27N3O.2ClH/c22-20(18-9-5-2-6-10-18)21(25)23-19-12-15-24(16-13-19)14-11-17-7-3-1-4-8-17;;/h1-10,19-20H,11-16,22H2,(H,23,25);2*1H. The molecule has 2 aromatic rings. The van der Waals surface area contributed by atoms with Crippen molar-refractivity contribution < 1.29 is 4.79 Å². The van der Waals surface area contributed by atoms with Crippen LogP contribution >= 0.6 is 24.8 Å². The second-order valence-corrected chi connectivity index (χ2v) is 6.75. The van der Waals surface area contributed by atoms with Gasteiger partial charge in [0.15, 0.2) is 0 Å². The summed E-state index contributed by atoms with van der Waals surface area (Å²) in [5.41, 5.74) is 8.32. The number of piperidine rings is 1. The van der Waals surface area contributed by atoms with Crippen molar-refractivity contribution in [2.45, 2.75) is 31.3 Å². The number of hydrogen-bond donors (Lipinski definition) is 2. The van der Waals surface area contributed by atoms with E-state index in [0.29, 0.717) is 0 Å². The van der Waals surface area contributed by atoms with Crippen molar-refractivity contribution >= 4 is 30.7 Å². The number of hydrogen-bond acceptors (Lipinski definition) is 3. The van der Waals surface area contributed by atoms with Gasteiger partial charge in [-0.05, 0) is 30.4 Å². The normalized spacial score (nSPS) is 15.9. The van der Waals surface area contributed by atoms with Gasteiger partial charge >= 0.3 is 0 Å². The first kappa shape index (κ1) is 23.4. The lowest BCUT2D eigenvalue weighted by atomic mass is 10.0. The maximum Gasteiger partial charge on any atom is 0.241 e. The molecule has 0 spiro atoms. The first-order chi connectivity index (χ1) is 12.2. The monoisotopic (exact) mass is 409 g/mol. The van der Waals surface area contributed by atoms with Gasteiger partial charge in [0.1, 0.15) is 6.04 Å². The summed E-state index contributed by atoms with van der Waals surface area (Å²) in [4.78, 5) is 14.8. The summed E-state index contributed by atoms with van der Waals surface area (Å²) < 4.78 is 0. The fourth-order valence-corrected chi connectivity index (χ4v) is 3.34. The van der Waals surface area contributed by atoms with Gasteiger partial charge in [-0.2, -0.15) is 0 Å². The Morgan fingerprint density at radius 1 is 1.00 bits per heavy atom. The number of carbonyl (C=O) groups excluding carboxylic acids is 1. The zero-order chi connectivity index (χ0) is 17.5. The molecule has 1 saturated heterocycles. The van der Waals surface area contributed by atoms with Crippen LogP contribution in [0.3, 0.4) is 0 Å². The van der Waals surface area contributed by atoms with Crippen LogP contribution in [0.4, 0.5) is 0 Å². The molecule has 1 atom stereocenters. The second kappa shape index (κ2) is 12.0. The number of rotatable bonds is 6. The van der Waals surface area contributed by atoms with Crippen molar-refractivity contribution in [1.29, 1.82) is 0 Å². The number of likely N-dealkylation sites (tertiary alicyclic amines) is 1. The van der Waals surface area contributed by atoms with Crippen molar-refractivity contribution in [2.24, 2.45) is 5.73 Å². The average Bonchev–Trinajstić information content (AvgIpc) is 2.68. The number of nitrogens with one attached hydrogen (secondary N) is 1. The fraction of sp³-hybridized carbons (Fsp3) is 0.381. The van der Waals surface area contributed by atoms with Crippen LogP contribution in [0.25, 0.3) is 0 Å². The quantitative estimate of drug-likeness (QED) is 0.768. The zero-order valence-corrected chi connectivity index (χ0v) is 17.1. The van der Waals surface area contributed by atoms with Gasteiger partial charge in [0.25, 0.3) is 0 Å². The van der Waals surface area contributed by atoms with Crippen LogP contribution in [0.1, 0.15) is 30.0 Å². The minimum atomic E-state index is -0.586. The summed E-state index contributed by atoms with van der Waals surface area (Å²) in [6, 6.07) is 19.8. The lowest BCUT2D eigenvalue weighted by molar-refractivity contribution is -0.123. The summed E-state index contributed by atoms with van der Waals surface area (Å²) in [5.74, 6) is -0.0751. The SMILES string of the molecule is Cl.Cl.NC(C(=O)NC1CCN(CCc2ccccc2)CC1)c1ccccc1. The Kier molecular flexibility index (Phi) is 10.4. The molecule has 0 aromatic heterocycles. The molecular formula is C21H29Cl2N3O. The van der Waals surface area contributed by atoms with E-state index in [-0.39, 0.29) is 36.8 Å². The molecule has 148 valence electrons. The van der Waals surface area contributed by atoms with Crippen LogP contribution in [0.15, 0.2) is 60.7 Å². The Balaban J connectivity index is 0.00000182. The van der Waals surface area contributed by atoms with Crippen molar-refractivity contribution in [3.05, 3.63) is 71.8 Å². The number of amides is 1. The molecule has 6 heteroatoms. The van der Waals surface area contributed by atoms with E-state index in [4.69, 9.17) is 5.73 Å². The summed E-state index contributed by atoms with van der Waals surface area (Å²) in [7, 11) is 0. The maximum atomic E-state index is 12.4. The smallest absolute Gasteiger partial charge is 0.241 e. The predicted molar refractivity (Wildman–Crippen MR) is 116 cm³/mol. The zero-order valence-electron chi connectivity index (χ0n) is 15.4. The van der Waals surface area contributed by atoms with Crippen LogP contribution in [-0.2, 0) is 11.2 Å². The Bertz CT molecular complexity index is 662. The van der Waals surface area contributed by atoms with Crippen molar-refractivity contribution in [2.75, 3.05) is 19.6 Å². The third-order valence-corrected chi connectivity index (χ3v) is 4.93. The highest BCUT2D eigenvalue weighted by Crippen LogP contribution is 2.14. The van der Waals surface area contributed by atoms with E-state index >= 15 is 0 Å². The Morgan fingerprint density at radius 2 is 1.56 bits per heavy atom. The molecule has 4 nitrogen and oxygen atoms in total. The van der Waals surface area contributed by atoms with Crippen LogP contribution in [-0.4, -0.2) is 36.5 Å². The number of nitrogens with two attached hydrogens (primary N) is 1. The van der Waals surface area contributed by atoms with Crippen LogP contribution < -0.4 is 11.1 Å². The first-order valence-electron chi connectivity index (χ1n) is 9.09. The minimum absolute atomic E-state index is 0. The third-order valence-electron chi connectivity index (χ3n) is 4.93. The molecule has 1 aliphatic heterocycles. The Labute approximate surface area is 174 Å². The van der Waals surface area contributed by atoms with Crippen LogP contribution in [0, 0.1) is 0 Å². The molecule has 0 bridgehead atoms. The minimum Gasteiger partial charge on any atom is -0.352 e. The molecule has 2 aromatic carbocycles. The van der Waals surface area contributed by atoms with Crippen molar-refractivity contribution in [3.8, 4) is 0 Å². The molecule has 0 saturated carbocycles. The highest BCUT2D eigenvalue weighted by molar-refractivity contribution is 5.85. The van der Waals surface area contributed by atoms with Crippen LogP contribution in [0.5, 0.6) is 0 Å². The third kappa shape index (κ3) is 7.15. The van der Waals surface area contributed by atoms with Gasteiger partial charge < -0.3 is 16.0 Å². The van der Waals surface area contributed by atoms with Gasteiger partial charge in [-0.15, -0.1) is 24.8 Å². The first-order valence-corrected chi connectivity index (χ1v) is 9.09. The van der Waals surface area contributed by atoms with Gasteiger partial charge in [-0.3, -0.25) is 4.79 Å². The van der Waals surface area contributed by atoms with E-state index in [1.54, 1.807) is 0 Å². The van der Waals surface area contributed by atoms with Gasteiger partial charge in [0.2, 0.25) is 5.91 Å². The van der Waals surface area contributed by atoms with E-state index in [1.807, 2.05) is 30.3 Å². The molecule has 27 heavy (non-hydrogen) atoms. The highest BCUT2D eigenvalue weighted by Gasteiger charge is 2.23. The van der Waals surface area contributed by atoms with Crippen molar-refractivity contribution in [1.82, 2.24) is 10.2 Å². The molecule has 3 rings (SSSR count). The van der Waals surface area contributed by atoms with Gasteiger partial charge in [-0.25, -0.2) is 0 Å². The molecule has 1 amide bonds. The van der Waals surface area contributed by atoms with E-state index < -0.39 is 6.04 Å². The highest BCUT2D eigenvalue weighted by atomic mass is 35.5. The van der Waals surface area contributed by atoms with Gasteiger partial charge in [0, 0.05) is 25.7 Å². The van der Waals surface area contributed by atoms with E-state index in [0.717, 1.165) is 44.5 Å². The summed E-state index contributed by atoms with van der Waals surface area (Å²) in [6.07, 6.45) is 3.06. The van der Waals surface area contributed by atoms with Crippen LogP contribution in [0.2, 0.25) is 0 Å². The lowest BCUT2D eigenvalue weighted by Gasteiger charge is -2.32. The lowest BCUT2D eigenvalue weighted by Crippen LogP contribution is -2.47. The van der Waals surface area contributed by atoms with Gasteiger partial charge in [-0.1, -0.05) is 60.7 Å². The topological polar surface area (TPSA) is 58.4 Å². The number of halogens is 2. The van der Waals surface area contributed by atoms with E-state index in [1.165, 1.54) is 5.56 Å². The Hall–Kier alpha value is -1.59. The average molecular weight is 410 g/mol. The second-order valence-electron chi connectivity index (χ2n) is 6.75. The Morgan fingerprint density at radius 3 is 2.15 bits per heavy atom. The van der Waals surface area contributed by atoms with Gasteiger partial charge in [0.05, 0.1) is 0 Å². The molecular weight excluding hydrogens is 381 g/mol. The fourth-order valence-electron chi connectivity index (χ4n) is 3.34. The molecule has 0 radical (unpaired) electrons. The summed E-state index contributed by atoms with van der Waals surface area (Å²) >= 11 is 0. The molecule has 1 heterocycles. The molecule has 0 aliphatic carbocycles. The molecule has 1 fully saturated rings. The predicted octanol–water partition coefficient (Wildman–Crippen LogP) is 3.35. The number of carbonyl (C=O) groups is 1. The molecule has 1 aliphatic rings. The van der Waals surface area contributed by atoms with E-state index in [2.05, 4.69) is 40.5 Å². The maximum absolute atomic E-state index is 12.4. The number of benzene rings is 2. The largest absolute Gasteiger partial charge is 0.352 e. The summed E-state index contributed by atoms with van der Waals surface area (Å²) in [6.45, 7) is 3.13. The number of nitrogens with zero attached hydrogens (tertiary/aromatic N) is 1.